The minimum absolute atomic E-state index is 0.0514. The third kappa shape index (κ3) is 2.94. The molecule has 1 atom stereocenters. The number of carbonyl (C=O) groups excluding carboxylic acids is 1. The molecule has 0 aliphatic carbocycles. The third-order valence-corrected chi connectivity index (χ3v) is 4.02. The van der Waals surface area contributed by atoms with Crippen molar-refractivity contribution in [2.75, 3.05) is 20.1 Å². The van der Waals surface area contributed by atoms with E-state index in [9.17, 15) is 4.79 Å². The molecule has 110 valence electrons. The Morgan fingerprint density at radius 1 is 1.48 bits per heavy atom. The van der Waals surface area contributed by atoms with Crippen molar-refractivity contribution in [3.8, 4) is 5.69 Å². The second kappa shape index (κ2) is 5.87. The molecule has 1 unspecified atom stereocenters. The minimum Gasteiger partial charge on any atom is -0.336 e. The minimum atomic E-state index is -0.0514. The summed E-state index contributed by atoms with van der Waals surface area (Å²) in [4.78, 5) is 14.2. The number of hydrogen-bond donors (Lipinski definition) is 1. The van der Waals surface area contributed by atoms with E-state index in [2.05, 4.69) is 10.4 Å². The zero-order valence-electron chi connectivity index (χ0n) is 11.8. The van der Waals surface area contributed by atoms with Gasteiger partial charge in [0.05, 0.1) is 5.69 Å². The smallest absolute Gasteiger partial charge is 0.274 e. The Morgan fingerprint density at radius 2 is 2.33 bits per heavy atom. The van der Waals surface area contributed by atoms with E-state index in [1.807, 2.05) is 31.3 Å². The molecule has 1 fully saturated rings. The van der Waals surface area contributed by atoms with Gasteiger partial charge in [-0.1, -0.05) is 17.7 Å². The van der Waals surface area contributed by atoms with Gasteiger partial charge in [-0.05, 0) is 37.2 Å². The molecule has 1 amide bonds. The van der Waals surface area contributed by atoms with Crippen molar-refractivity contribution in [1.29, 1.82) is 0 Å². The molecule has 1 aromatic carbocycles. The largest absolute Gasteiger partial charge is 0.336 e. The standard InChI is InChI=1S/C15H17ClN4O/c1-19(13-5-7-17-10-13)15(21)14-6-8-20(18-14)12-4-2-3-11(16)9-12/h2-4,6,8-9,13,17H,5,7,10H2,1H3. The van der Waals surface area contributed by atoms with Gasteiger partial charge >= 0.3 is 0 Å². The van der Waals surface area contributed by atoms with E-state index in [1.54, 1.807) is 21.8 Å². The highest BCUT2D eigenvalue weighted by Crippen LogP contribution is 2.15. The molecule has 2 heterocycles. The summed E-state index contributed by atoms with van der Waals surface area (Å²) < 4.78 is 1.67. The SMILES string of the molecule is CN(C(=O)c1ccn(-c2cccc(Cl)c2)n1)C1CCNC1. The van der Waals surface area contributed by atoms with E-state index in [0.717, 1.165) is 25.2 Å². The molecule has 5 nitrogen and oxygen atoms in total. The lowest BCUT2D eigenvalue weighted by atomic mass is 10.2. The Balaban J connectivity index is 1.79. The molecule has 3 rings (SSSR count). The molecule has 1 aliphatic heterocycles. The number of aromatic nitrogens is 2. The van der Waals surface area contributed by atoms with Crippen LogP contribution in [0.1, 0.15) is 16.9 Å². The molecular weight excluding hydrogens is 288 g/mol. The van der Waals surface area contributed by atoms with Gasteiger partial charge in [0.1, 0.15) is 0 Å². The van der Waals surface area contributed by atoms with Crippen molar-refractivity contribution in [2.45, 2.75) is 12.5 Å². The maximum Gasteiger partial charge on any atom is 0.274 e. The maximum atomic E-state index is 12.4. The number of carbonyl (C=O) groups is 1. The molecule has 0 radical (unpaired) electrons. The van der Waals surface area contributed by atoms with Gasteiger partial charge in [-0.15, -0.1) is 0 Å². The van der Waals surface area contributed by atoms with Gasteiger partial charge in [-0.25, -0.2) is 4.68 Å². The topological polar surface area (TPSA) is 50.2 Å². The lowest BCUT2D eigenvalue weighted by Crippen LogP contribution is -2.38. The molecule has 0 spiro atoms. The van der Waals surface area contributed by atoms with Crippen molar-refractivity contribution >= 4 is 17.5 Å². The highest BCUT2D eigenvalue weighted by atomic mass is 35.5. The molecule has 1 N–H and O–H groups in total. The number of nitrogens with zero attached hydrogens (tertiary/aromatic N) is 3. The number of rotatable bonds is 3. The lowest BCUT2D eigenvalue weighted by Gasteiger charge is -2.22. The third-order valence-electron chi connectivity index (χ3n) is 3.78. The molecule has 21 heavy (non-hydrogen) atoms. The Morgan fingerprint density at radius 3 is 3.05 bits per heavy atom. The second-order valence-corrected chi connectivity index (χ2v) is 5.62. The van der Waals surface area contributed by atoms with E-state index in [-0.39, 0.29) is 11.9 Å². The van der Waals surface area contributed by atoms with E-state index in [1.165, 1.54) is 0 Å². The average molecular weight is 305 g/mol. The summed E-state index contributed by atoms with van der Waals surface area (Å²) in [5.41, 5.74) is 1.29. The Bertz CT molecular complexity index is 649. The number of nitrogens with one attached hydrogen (secondary N) is 1. The van der Waals surface area contributed by atoms with Gasteiger partial charge in [0, 0.05) is 30.9 Å². The van der Waals surface area contributed by atoms with Crippen LogP contribution in [-0.4, -0.2) is 46.8 Å². The zero-order chi connectivity index (χ0) is 14.8. The van der Waals surface area contributed by atoms with Crippen LogP contribution in [0.2, 0.25) is 5.02 Å². The molecule has 1 aliphatic rings. The summed E-state index contributed by atoms with van der Waals surface area (Å²) in [6, 6.07) is 9.36. The van der Waals surface area contributed by atoms with Gasteiger partial charge in [-0.3, -0.25) is 4.79 Å². The van der Waals surface area contributed by atoms with Gasteiger partial charge in [-0.2, -0.15) is 5.10 Å². The quantitative estimate of drug-likeness (QED) is 0.943. The fourth-order valence-electron chi connectivity index (χ4n) is 2.52. The van der Waals surface area contributed by atoms with E-state index < -0.39 is 0 Å². The van der Waals surface area contributed by atoms with Crippen molar-refractivity contribution in [2.24, 2.45) is 0 Å². The highest BCUT2D eigenvalue weighted by Gasteiger charge is 2.25. The first kappa shape index (κ1) is 14.1. The summed E-state index contributed by atoms with van der Waals surface area (Å²) >= 11 is 5.98. The fraction of sp³-hybridized carbons (Fsp3) is 0.333. The van der Waals surface area contributed by atoms with Crippen LogP contribution in [0.25, 0.3) is 5.69 Å². The Labute approximate surface area is 128 Å². The van der Waals surface area contributed by atoms with Crippen molar-refractivity contribution in [3.63, 3.8) is 0 Å². The van der Waals surface area contributed by atoms with Crippen molar-refractivity contribution in [3.05, 3.63) is 47.2 Å². The summed E-state index contributed by atoms with van der Waals surface area (Å²) in [7, 11) is 1.83. The van der Waals surface area contributed by atoms with Crippen LogP contribution in [0.3, 0.4) is 0 Å². The van der Waals surface area contributed by atoms with Crippen molar-refractivity contribution < 1.29 is 4.79 Å². The van der Waals surface area contributed by atoms with Gasteiger partial charge in [0.2, 0.25) is 0 Å². The number of halogens is 1. The average Bonchev–Trinajstić information content (AvgIpc) is 3.17. The Hall–Kier alpha value is -1.85. The van der Waals surface area contributed by atoms with Gasteiger partial charge in [0.25, 0.3) is 5.91 Å². The first-order valence-corrected chi connectivity index (χ1v) is 7.32. The summed E-state index contributed by atoms with van der Waals surface area (Å²) in [6.07, 6.45) is 2.76. The van der Waals surface area contributed by atoms with Crippen molar-refractivity contribution in [1.82, 2.24) is 20.0 Å². The van der Waals surface area contributed by atoms with Crippen LogP contribution in [0.5, 0.6) is 0 Å². The second-order valence-electron chi connectivity index (χ2n) is 5.19. The number of amides is 1. The number of benzene rings is 1. The monoisotopic (exact) mass is 304 g/mol. The predicted molar refractivity (Wildman–Crippen MR) is 81.9 cm³/mol. The summed E-state index contributed by atoms with van der Waals surface area (Å²) in [6.45, 7) is 1.80. The molecule has 0 bridgehead atoms. The zero-order valence-corrected chi connectivity index (χ0v) is 12.5. The van der Waals surface area contributed by atoms with Gasteiger partial charge in [0.15, 0.2) is 5.69 Å². The summed E-state index contributed by atoms with van der Waals surface area (Å²) in [5.74, 6) is -0.0514. The molecule has 2 aromatic rings. The van der Waals surface area contributed by atoms with Crippen LogP contribution in [0, 0.1) is 0 Å². The summed E-state index contributed by atoms with van der Waals surface area (Å²) in [5, 5.41) is 8.27. The fourth-order valence-corrected chi connectivity index (χ4v) is 2.70. The van der Waals surface area contributed by atoms with E-state index >= 15 is 0 Å². The number of hydrogen-bond acceptors (Lipinski definition) is 3. The first-order chi connectivity index (χ1) is 10.1. The Kier molecular flexibility index (Phi) is 3.94. The lowest BCUT2D eigenvalue weighted by molar-refractivity contribution is 0.0737. The van der Waals surface area contributed by atoms with E-state index in [0.29, 0.717) is 10.7 Å². The molecular formula is C15H17ClN4O. The van der Waals surface area contributed by atoms with Crippen LogP contribution in [-0.2, 0) is 0 Å². The highest BCUT2D eigenvalue weighted by molar-refractivity contribution is 6.30. The number of likely N-dealkylation sites (N-methyl/N-ethyl adjacent to an activating group) is 1. The van der Waals surface area contributed by atoms with Gasteiger partial charge < -0.3 is 10.2 Å². The van der Waals surface area contributed by atoms with Crippen LogP contribution in [0.15, 0.2) is 36.5 Å². The predicted octanol–water partition coefficient (Wildman–Crippen LogP) is 1.96. The molecule has 6 heteroatoms. The first-order valence-electron chi connectivity index (χ1n) is 6.94. The molecule has 1 saturated heterocycles. The molecule has 1 aromatic heterocycles. The normalized spacial score (nSPS) is 17.9. The van der Waals surface area contributed by atoms with Crippen LogP contribution >= 0.6 is 11.6 Å². The van der Waals surface area contributed by atoms with E-state index in [4.69, 9.17) is 11.6 Å². The van der Waals surface area contributed by atoms with Crippen LogP contribution in [0.4, 0.5) is 0 Å². The molecule has 0 saturated carbocycles. The van der Waals surface area contributed by atoms with Crippen LogP contribution < -0.4 is 5.32 Å². The maximum absolute atomic E-state index is 12.4.